The minimum atomic E-state index is -0.100. The number of halogens is 1. The molecule has 0 saturated heterocycles. The van der Waals surface area contributed by atoms with Crippen LogP contribution in [0.5, 0.6) is 5.75 Å². The first-order chi connectivity index (χ1) is 10.7. The monoisotopic (exact) mass is 317 g/mol. The van der Waals surface area contributed by atoms with Crippen molar-refractivity contribution in [2.24, 2.45) is 0 Å². The van der Waals surface area contributed by atoms with Gasteiger partial charge in [-0.25, -0.2) is 0 Å². The molecule has 1 atom stereocenters. The van der Waals surface area contributed by atoms with Gasteiger partial charge in [0.1, 0.15) is 12.4 Å². The molecule has 2 aromatic rings. The van der Waals surface area contributed by atoms with E-state index in [9.17, 15) is 5.11 Å². The van der Waals surface area contributed by atoms with Crippen LogP contribution in [0.3, 0.4) is 0 Å². The first kappa shape index (κ1) is 16.6. The zero-order valence-electron chi connectivity index (χ0n) is 12.3. The van der Waals surface area contributed by atoms with Crippen molar-refractivity contribution in [2.75, 3.05) is 13.2 Å². The van der Waals surface area contributed by atoms with Gasteiger partial charge in [0.15, 0.2) is 0 Å². The fourth-order valence-corrected chi connectivity index (χ4v) is 2.39. The van der Waals surface area contributed by atoms with Crippen LogP contribution in [0.2, 0.25) is 5.02 Å². The van der Waals surface area contributed by atoms with Gasteiger partial charge in [-0.1, -0.05) is 60.7 Å². The Hall–Kier alpha value is -1.81. The second kappa shape index (κ2) is 8.59. The van der Waals surface area contributed by atoms with Crippen molar-refractivity contribution < 1.29 is 9.84 Å². The molecule has 22 heavy (non-hydrogen) atoms. The molecule has 0 amide bonds. The molecule has 0 heterocycles. The van der Waals surface area contributed by atoms with E-state index in [4.69, 9.17) is 16.3 Å². The highest BCUT2D eigenvalue weighted by atomic mass is 35.5. The van der Waals surface area contributed by atoms with E-state index in [2.05, 4.69) is 11.9 Å². The van der Waals surface area contributed by atoms with E-state index >= 15 is 0 Å². The van der Waals surface area contributed by atoms with Crippen molar-refractivity contribution in [3.63, 3.8) is 0 Å². The number of rotatable bonds is 8. The van der Waals surface area contributed by atoms with Gasteiger partial charge in [-0.05, 0) is 23.3 Å². The predicted octanol–water partition coefficient (Wildman–Crippen LogP) is 3.73. The van der Waals surface area contributed by atoms with Gasteiger partial charge >= 0.3 is 0 Å². The maximum Gasteiger partial charge on any atom is 0.138 e. The Labute approximate surface area is 136 Å². The molecule has 0 aromatic heterocycles. The Balaban J connectivity index is 1.98. The standard InChI is InChI=1S/C18H20ClNO2/c1-2-10-22-18-9-8-14(11-16(18)19)12-20-17(13-21)15-6-4-3-5-7-15/h2-9,11,17,20-21H,1,10,12-13H2. The normalized spacial score (nSPS) is 11.9. The largest absolute Gasteiger partial charge is 0.488 e. The molecule has 2 N–H and O–H groups in total. The molecule has 2 aromatic carbocycles. The van der Waals surface area contributed by atoms with Gasteiger partial charge in [0.2, 0.25) is 0 Å². The summed E-state index contributed by atoms with van der Waals surface area (Å²) < 4.78 is 5.45. The fraction of sp³-hybridized carbons (Fsp3) is 0.222. The first-order valence-corrected chi connectivity index (χ1v) is 7.53. The minimum Gasteiger partial charge on any atom is -0.488 e. The summed E-state index contributed by atoms with van der Waals surface area (Å²) in [4.78, 5) is 0. The van der Waals surface area contributed by atoms with E-state index in [1.807, 2.05) is 48.5 Å². The van der Waals surface area contributed by atoms with Crippen LogP contribution in [-0.2, 0) is 6.54 Å². The zero-order valence-corrected chi connectivity index (χ0v) is 13.1. The van der Waals surface area contributed by atoms with Crippen LogP contribution in [-0.4, -0.2) is 18.3 Å². The van der Waals surface area contributed by atoms with E-state index in [-0.39, 0.29) is 12.6 Å². The first-order valence-electron chi connectivity index (χ1n) is 7.16. The quantitative estimate of drug-likeness (QED) is 0.729. The van der Waals surface area contributed by atoms with Crippen LogP contribution in [0.25, 0.3) is 0 Å². The highest BCUT2D eigenvalue weighted by Gasteiger charge is 2.10. The van der Waals surface area contributed by atoms with Crippen molar-refractivity contribution in [1.29, 1.82) is 0 Å². The topological polar surface area (TPSA) is 41.5 Å². The molecule has 0 aliphatic carbocycles. The lowest BCUT2D eigenvalue weighted by molar-refractivity contribution is 0.243. The Morgan fingerprint density at radius 3 is 2.64 bits per heavy atom. The molecule has 0 fully saturated rings. The smallest absolute Gasteiger partial charge is 0.138 e. The Morgan fingerprint density at radius 2 is 2.00 bits per heavy atom. The lowest BCUT2D eigenvalue weighted by Crippen LogP contribution is -2.23. The molecular weight excluding hydrogens is 298 g/mol. The van der Waals surface area contributed by atoms with E-state index < -0.39 is 0 Å². The summed E-state index contributed by atoms with van der Waals surface area (Å²) in [5.41, 5.74) is 2.09. The van der Waals surface area contributed by atoms with Crippen LogP contribution in [0.15, 0.2) is 61.2 Å². The third-order valence-corrected chi connectivity index (χ3v) is 3.59. The van der Waals surface area contributed by atoms with Gasteiger partial charge in [-0.15, -0.1) is 0 Å². The van der Waals surface area contributed by atoms with Crippen LogP contribution in [0.4, 0.5) is 0 Å². The van der Waals surface area contributed by atoms with E-state index in [1.165, 1.54) is 0 Å². The molecule has 1 unspecified atom stereocenters. The summed E-state index contributed by atoms with van der Waals surface area (Å²) in [6, 6.07) is 15.4. The number of aliphatic hydroxyl groups excluding tert-OH is 1. The summed E-state index contributed by atoms with van der Waals surface area (Å²) in [7, 11) is 0. The zero-order chi connectivity index (χ0) is 15.8. The molecule has 0 bridgehead atoms. The van der Waals surface area contributed by atoms with Gasteiger partial charge in [0.25, 0.3) is 0 Å². The second-order valence-electron chi connectivity index (χ2n) is 4.89. The molecular formula is C18H20ClNO2. The Morgan fingerprint density at radius 1 is 1.23 bits per heavy atom. The van der Waals surface area contributed by atoms with Gasteiger partial charge < -0.3 is 15.2 Å². The number of aliphatic hydroxyl groups is 1. The maximum atomic E-state index is 9.54. The number of ether oxygens (including phenoxy) is 1. The number of benzene rings is 2. The third kappa shape index (κ3) is 4.60. The summed E-state index contributed by atoms with van der Waals surface area (Å²) >= 11 is 6.19. The minimum absolute atomic E-state index is 0.0400. The van der Waals surface area contributed by atoms with Crippen LogP contribution < -0.4 is 10.1 Å². The predicted molar refractivity (Wildman–Crippen MR) is 90.3 cm³/mol. The molecule has 0 spiro atoms. The molecule has 0 radical (unpaired) electrons. The molecule has 0 aliphatic heterocycles. The average molecular weight is 318 g/mol. The van der Waals surface area contributed by atoms with Gasteiger partial charge in [0, 0.05) is 6.54 Å². The average Bonchev–Trinajstić information content (AvgIpc) is 2.55. The van der Waals surface area contributed by atoms with Crippen LogP contribution in [0, 0.1) is 0 Å². The summed E-state index contributed by atoms with van der Waals surface area (Å²) in [5, 5.41) is 13.4. The summed E-state index contributed by atoms with van der Waals surface area (Å²) in [5.74, 6) is 0.645. The number of hydrogen-bond acceptors (Lipinski definition) is 3. The SMILES string of the molecule is C=CCOc1ccc(CNC(CO)c2ccccc2)cc1Cl. The lowest BCUT2D eigenvalue weighted by Gasteiger charge is -2.17. The number of hydrogen-bond donors (Lipinski definition) is 2. The molecule has 116 valence electrons. The molecule has 4 heteroatoms. The highest BCUT2D eigenvalue weighted by molar-refractivity contribution is 6.32. The molecule has 2 rings (SSSR count). The van der Waals surface area contributed by atoms with E-state index in [0.29, 0.717) is 23.9 Å². The van der Waals surface area contributed by atoms with Gasteiger partial charge in [0.05, 0.1) is 17.7 Å². The Kier molecular flexibility index (Phi) is 6.46. The third-order valence-electron chi connectivity index (χ3n) is 3.29. The molecule has 0 aliphatic rings. The Bertz CT molecular complexity index is 601. The fourth-order valence-electron chi connectivity index (χ4n) is 2.13. The lowest BCUT2D eigenvalue weighted by atomic mass is 10.1. The van der Waals surface area contributed by atoms with Crippen LogP contribution in [0.1, 0.15) is 17.2 Å². The van der Waals surface area contributed by atoms with Crippen LogP contribution >= 0.6 is 11.6 Å². The maximum absolute atomic E-state index is 9.54. The summed E-state index contributed by atoms with van der Waals surface area (Å²) in [6.07, 6.45) is 1.68. The van der Waals surface area contributed by atoms with Crippen molar-refractivity contribution >= 4 is 11.6 Å². The van der Waals surface area contributed by atoms with Gasteiger partial charge in [-0.3, -0.25) is 0 Å². The van der Waals surface area contributed by atoms with E-state index in [0.717, 1.165) is 11.1 Å². The van der Waals surface area contributed by atoms with E-state index in [1.54, 1.807) is 6.08 Å². The summed E-state index contributed by atoms with van der Waals surface area (Å²) in [6.45, 7) is 4.69. The van der Waals surface area contributed by atoms with Crippen molar-refractivity contribution in [3.8, 4) is 5.75 Å². The molecule has 0 saturated carbocycles. The number of nitrogens with one attached hydrogen (secondary N) is 1. The van der Waals surface area contributed by atoms with Crippen molar-refractivity contribution in [3.05, 3.63) is 77.3 Å². The van der Waals surface area contributed by atoms with Crippen molar-refractivity contribution in [2.45, 2.75) is 12.6 Å². The molecule has 3 nitrogen and oxygen atoms in total. The van der Waals surface area contributed by atoms with Gasteiger partial charge in [-0.2, -0.15) is 0 Å². The highest BCUT2D eigenvalue weighted by Crippen LogP contribution is 2.25. The van der Waals surface area contributed by atoms with Crippen molar-refractivity contribution in [1.82, 2.24) is 5.32 Å². The second-order valence-corrected chi connectivity index (χ2v) is 5.30.